The number of carboxylic acids is 1. The van der Waals surface area contributed by atoms with Gasteiger partial charge in [0, 0.05) is 35.7 Å². The minimum atomic E-state index is -1.26. The molecule has 0 saturated heterocycles. The predicted octanol–water partition coefficient (Wildman–Crippen LogP) is 0.130. The average Bonchev–Trinajstić information content (AvgIpc) is 3.33. The van der Waals surface area contributed by atoms with Crippen LogP contribution in [0.2, 0.25) is 0 Å². The number of aliphatic hydroxyl groups is 1. The molecule has 3 aromatic rings. The molecule has 5 unspecified atom stereocenters. The van der Waals surface area contributed by atoms with Crippen molar-refractivity contribution in [2.75, 3.05) is 5.75 Å². The summed E-state index contributed by atoms with van der Waals surface area (Å²) in [5, 5.41) is 27.8. The number of nitrogens with two attached hydrogens (primary N) is 1. The number of para-hydroxylation sites is 1. The summed E-state index contributed by atoms with van der Waals surface area (Å²) in [5.74, 6) is -3.52. The highest BCUT2D eigenvalue weighted by atomic mass is 32.1. The number of carboxylic acid groups (broad SMARTS) is 1. The van der Waals surface area contributed by atoms with Gasteiger partial charge in [0.25, 0.3) is 0 Å². The molecule has 0 spiro atoms. The maximum absolute atomic E-state index is 13.4. The highest BCUT2D eigenvalue weighted by Gasteiger charge is 2.31. The van der Waals surface area contributed by atoms with Crippen LogP contribution < -0.4 is 21.7 Å². The van der Waals surface area contributed by atoms with Crippen LogP contribution in [-0.2, 0) is 32.0 Å². The van der Waals surface area contributed by atoms with Crippen molar-refractivity contribution >= 4 is 47.2 Å². The number of fused-ring (bicyclic) bond motifs is 1. The lowest BCUT2D eigenvalue weighted by Crippen LogP contribution is -2.59. The zero-order valence-electron chi connectivity index (χ0n) is 21.3. The third-order valence-electron chi connectivity index (χ3n) is 6.27. The summed E-state index contributed by atoms with van der Waals surface area (Å²) in [5.41, 5.74) is 7.93. The van der Waals surface area contributed by atoms with Gasteiger partial charge in [0.1, 0.15) is 24.2 Å². The molecule has 5 atom stereocenters. The van der Waals surface area contributed by atoms with Crippen LogP contribution in [0.1, 0.15) is 18.1 Å². The predicted molar refractivity (Wildman–Crippen MR) is 149 cm³/mol. The van der Waals surface area contributed by atoms with Gasteiger partial charge in [0.2, 0.25) is 17.7 Å². The Hall–Kier alpha value is -3.87. The molecule has 0 saturated carbocycles. The number of benzene rings is 2. The van der Waals surface area contributed by atoms with Crippen LogP contribution in [0.15, 0.2) is 60.8 Å². The normalized spacial score (nSPS) is 15.0. The lowest BCUT2D eigenvalue weighted by Gasteiger charge is -2.25. The van der Waals surface area contributed by atoms with Gasteiger partial charge in [0.15, 0.2) is 0 Å². The van der Waals surface area contributed by atoms with Gasteiger partial charge >= 0.3 is 5.97 Å². The van der Waals surface area contributed by atoms with E-state index in [1.807, 2.05) is 24.3 Å². The number of aliphatic hydroxyl groups excluding tert-OH is 1. The summed E-state index contributed by atoms with van der Waals surface area (Å²) in [6.45, 7) is 1.34. The molecule has 8 N–H and O–H groups in total. The summed E-state index contributed by atoms with van der Waals surface area (Å²) in [6, 6.07) is 11.4. The smallest absolute Gasteiger partial charge is 0.326 e. The van der Waals surface area contributed by atoms with Gasteiger partial charge in [0.05, 0.1) is 6.10 Å². The van der Waals surface area contributed by atoms with Crippen LogP contribution in [0, 0.1) is 0 Å². The second kappa shape index (κ2) is 13.8. The first-order valence-electron chi connectivity index (χ1n) is 12.4. The van der Waals surface area contributed by atoms with E-state index in [2.05, 4.69) is 33.6 Å². The van der Waals surface area contributed by atoms with E-state index in [1.165, 1.54) is 6.92 Å². The fraction of sp³-hybridized carbons (Fsp3) is 0.333. The quantitative estimate of drug-likeness (QED) is 0.138. The van der Waals surface area contributed by atoms with Crippen molar-refractivity contribution in [3.8, 4) is 0 Å². The summed E-state index contributed by atoms with van der Waals surface area (Å²) in [6.07, 6.45) is 0.656. The van der Waals surface area contributed by atoms with Gasteiger partial charge in [-0.2, -0.15) is 12.6 Å². The fourth-order valence-corrected chi connectivity index (χ4v) is 4.26. The number of aromatic nitrogens is 1. The average molecular weight is 556 g/mol. The molecule has 0 aliphatic carbocycles. The lowest BCUT2D eigenvalue weighted by molar-refractivity contribution is -0.142. The van der Waals surface area contributed by atoms with Crippen LogP contribution in [0.25, 0.3) is 10.9 Å². The lowest BCUT2D eigenvalue weighted by atomic mass is 10.0. The van der Waals surface area contributed by atoms with E-state index in [0.717, 1.165) is 22.0 Å². The molecule has 3 rings (SSSR count). The van der Waals surface area contributed by atoms with Crippen molar-refractivity contribution in [1.82, 2.24) is 20.9 Å². The molecule has 3 amide bonds. The molecule has 1 aromatic heterocycles. The van der Waals surface area contributed by atoms with Crippen molar-refractivity contribution in [1.29, 1.82) is 0 Å². The molecule has 208 valence electrons. The highest BCUT2D eigenvalue weighted by Crippen LogP contribution is 2.19. The fourth-order valence-electron chi connectivity index (χ4n) is 4.01. The number of carbonyl (C=O) groups excluding carboxylic acids is 3. The minimum absolute atomic E-state index is 0.0414. The Morgan fingerprint density at radius 1 is 0.872 bits per heavy atom. The molecule has 0 radical (unpaired) electrons. The van der Waals surface area contributed by atoms with E-state index in [-0.39, 0.29) is 18.6 Å². The third-order valence-corrected chi connectivity index (χ3v) is 6.63. The van der Waals surface area contributed by atoms with Gasteiger partial charge < -0.3 is 36.9 Å². The van der Waals surface area contributed by atoms with Gasteiger partial charge in [-0.3, -0.25) is 14.4 Å². The van der Waals surface area contributed by atoms with Gasteiger partial charge in [-0.1, -0.05) is 48.5 Å². The standard InChI is InChI=1S/C27H33N5O6S/c1-15(33)23(28)26(36)32-22(14-39)25(35)30-20(12-17-13-29-19-10-6-5-9-18(17)19)24(34)31-21(27(37)38)11-16-7-3-2-4-8-16/h2-10,13,15,20-23,29,33,39H,11-12,14,28H2,1H3,(H,30,35)(H,31,34)(H,32,36)(H,37,38). The van der Waals surface area contributed by atoms with E-state index in [9.17, 15) is 29.4 Å². The van der Waals surface area contributed by atoms with Crippen LogP contribution in [0.3, 0.4) is 0 Å². The Morgan fingerprint density at radius 2 is 1.46 bits per heavy atom. The second-order valence-electron chi connectivity index (χ2n) is 9.22. The van der Waals surface area contributed by atoms with Crippen molar-refractivity contribution in [3.05, 3.63) is 71.9 Å². The number of rotatable bonds is 13. The highest BCUT2D eigenvalue weighted by molar-refractivity contribution is 7.80. The molecule has 0 aliphatic rings. The number of hydrogen-bond acceptors (Lipinski definition) is 7. The third kappa shape index (κ3) is 8.06. The first-order valence-corrected chi connectivity index (χ1v) is 13.0. The van der Waals surface area contributed by atoms with Crippen molar-refractivity contribution < 1.29 is 29.4 Å². The Balaban J connectivity index is 1.83. The van der Waals surface area contributed by atoms with E-state index in [1.54, 1.807) is 36.5 Å². The summed E-state index contributed by atoms with van der Waals surface area (Å²) in [4.78, 5) is 54.0. The van der Waals surface area contributed by atoms with Gasteiger partial charge in [-0.05, 0) is 24.1 Å². The molecular weight excluding hydrogens is 522 g/mol. The largest absolute Gasteiger partial charge is 0.480 e. The summed E-state index contributed by atoms with van der Waals surface area (Å²) >= 11 is 4.14. The second-order valence-corrected chi connectivity index (χ2v) is 9.59. The topological polar surface area (TPSA) is 187 Å². The number of hydrogen-bond donors (Lipinski definition) is 8. The molecule has 1 heterocycles. The molecule has 0 aliphatic heterocycles. The summed E-state index contributed by atoms with van der Waals surface area (Å²) in [7, 11) is 0. The Labute approximate surface area is 231 Å². The first-order chi connectivity index (χ1) is 18.6. The molecule has 2 aromatic carbocycles. The van der Waals surface area contributed by atoms with Crippen LogP contribution >= 0.6 is 12.6 Å². The SMILES string of the molecule is CC(O)C(N)C(=O)NC(CS)C(=O)NC(Cc1c[nH]c2ccccc12)C(=O)NC(Cc1ccccc1)C(=O)O. The maximum Gasteiger partial charge on any atom is 0.326 e. The van der Waals surface area contributed by atoms with Crippen LogP contribution in [-0.4, -0.2) is 74.9 Å². The van der Waals surface area contributed by atoms with Crippen molar-refractivity contribution in [3.63, 3.8) is 0 Å². The number of H-pyrrole nitrogens is 1. The maximum atomic E-state index is 13.4. The number of carbonyl (C=O) groups is 4. The minimum Gasteiger partial charge on any atom is -0.480 e. The van der Waals surface area contributed by atoms with Crippen LogP contribution in [0.5, 0.6) is 0 Å². The molecule has 11 nitrogen and oxygen atoms in total. The Morgan fingerprint density at radius 3 is 2.10 bits per heavy atom. The number of aromatic amines is 1. The van der Waals surface area contributed by atoms with E-state index >= 15 is 0 Å². The Kier molecular flexibility index (Phi) is 10.5. The number of aliphatic carboxylic acids is 1. The molecule has 39 heavy (non-hydrogen) atoms. The molecule has 0 fully saturated rings. The number of nitrogens with one attached hydrogen (secondary N) is 4. The Bertz CT molecular complexity index is 1300. The zero-order chi connectivity index (χ0) is 28.5. The van der Waals surface area contributed by atoms with Gasteiger partial charge in [-0.15, -0.1) is 0 Å². The zero-order valence-corrected chi connectivity index (χ0v) is 22.2. The van der Waals surface area contributed by atoms with E-state index in [0.29, 0.717) is 0 Å². The van der Waals surface area contributed by atoms with Crippen molar-refractivity contribution in [2.45, 2.75) is 50.0 Å². The van der Waals surface area contributed by atoms with Crippen LogP contribution in [0.4, 0.5) is 0 Å². The monoisotopic (exact) mass is 555 g/mol. The molecular formula is C27H33N5O6S. The van der Waals surface area contributed by atoms with Gasteiger partial charge in [-0.25, -0.2) is 4.79 Å². The van der Waals surface area contributed by atoms with E-state index in [4.69, 9.17) is 5.73 Å². The number of thiol groups is 1. The molecule has 0 bridgehead atoms. The van der Waals surface area contributed by atoms with E-state index < -0.39 is 54.0 Å². The summed E-state index contributed by atoms with van der Waals surface area (Å²) < 4.78 is 0. The first kappa shape index (κ1) is 29.7. The molecule has 12 heteroatoms. The number of amides is 3. The van der Waals surface area contributed by atoms with Crippen molar-refractivity contribution in [2.24, 2.45) is 5.73 Å².